The molecule has 0 aliphatic rings. The van der Waals surface area contributed by atoms with Crippen molar-refractivity contribution in [3.63, 3.8) is 0 Å². The smallest absolute Gasteiger partial charge is 0.326 e. The molecule has 1 amide bonds. The van der Waals surface area contributed by atoms with Crippen molar-refractivity contribution in [1.82, 2.24) is 5.32 Å². The van der Waals surface area contributed by atoms with E-state index in [-0.39, 0.29) is 29.3 Å². The van der Waals surface area contributed by atoms with Crippen LogP contribution in [0.4, 0.5) is 5.69 Å². The summed E-state index contributed by atoms with van der Waals surface area (Å²) in [5.74, 6) is -1.80. The van der Waals surface area contributed by atoms with E-state index in [4.69, 9.17) is 0 Å². The Labute approximate surface area is 136 Å². The van der Waals surface area contributed by atoms with Crippen molar-refractivity contribution in [2.75, 3.05) is 10.5 Å². The molecule has 0 aliphatic carbocycles. The summed E-state index contributed by atoms with van der Waals surface area (Å²) in [7, 11) is -3.54. The molecule has 0 unspecified atom stereocenters. The van der Waals surface area contributed by atoms with E-state index in [9.17, 15) is 23.1 Å². The maximum absolute atomic E-state index is 12.3. The Kier molecular flexibility index (Phi) is 6.56. The second kappa shape index (κ2) is 7.96. The van der Waals surface area contributed by atoms with E-state index in [1.165, 1.54) is 19.1 Å². The lowest BCUT2D eigenvalue weighted by molar-refractivity contribution is -0.139. The van der Waals surface area contributed by atoms with Crippen molar-refractivity contribution < 1.29 is 23.1 Å². The van der Waals surface area contributed by atoms with Crippen LogP contribution in [0.15, 0.2) is 24.3 Å². The summed E-state index contributed by atoms with van der Waals surface area (Å²) >= 11 is 0. The molecule has 0 aromatic heterocycles. The summed E-state index contributed by atoms with van der Waals surface area (Å²) in [5, 5.41) is 11.6. The van der Waals surface area contributed by atoms with Gasteiger partial charge in [0, 0.05) is 0 Å². The van der Waals surface area contributed by atoms with Gasteiger partial charge in [0.2, 0.25) is 10.0 Å². The largest absolute Gasteiger partial charge is 0.480 e. The predicted octanol–water partition coefficient (Wildman–Crippen LogP) is 1.68. The minimum absolute atomic E-state index is 0.0829. The van der Waals surface area contributed by atoms with Crippen LogP contribution in [-0.4, -0.2) is 37.2 Å². The lowest BCUT2D eigenvalue weighted by Gasteiger charge is -2.18. The van der Waals surface area contributed by atoms with Crippen LogP contribution < -0.4 is 10.0 Å². The Balaban J connectivity index is 3.02. The van der Waals surface area contributed by atoms with Crippen LogP contribution in [0, 0.1) is 5.92 Å². The highest BCUT2D eigenvalue weighted by molar-refractivity contribution is 7.92. The van der Waals surface area contributed by atoms with E-state index in [1.54, 1.807) is 12.1 Å². The first-order valence-electron chi connectivity index (χ1n) is 7.29. The van der Waals surface area contributed by atoms with Crippen LogP contribution in [0.3, 0.4) is 0 Å². The molecule has 128 valence electrons. The third kappa shape index (κ3) is 5.90. The molecule has 3 N–H and O–H groups in total. The number of para-hydroxylation sites is 1. The minimum Gasteiger partial charge on any atom is -0.480 e. The van der Waals surface area contributed by atoms with Gasteiger partial charge >= 0.3 is 5.97 Å². The summed E-state index contributed by atoms with van der Waals surface area (Å²) < 4.78 is 25.7. The number of benzene rings is 1. The summed E-state index contributed by atoms with van der Waals surface area (Å²) in [6.07, 6.45) is 0.282. The molecule has 1 rings (SSSR count). The average Bonchev–Trinajstić information content (AvgIpc) is 2.46. The molecule has 8 heteroatoms. The van der Waals surface area contributed by atoms with Gasteiger partial charge in [0.05, 0.1) is 17.0 Å². The second-order valence-electron chi connectivity index (χ2n) is 5.54. The van der Waals surface area contributed by atoms with E-state index in [0.29, 0.717) is 0 Å². The summed E-state index contributed by atoms with van der Waals surface area (Å²) in [6.45, 7) is 5.19. The van der Waals surface area contributed by atoms with Crippen molar-refractivity contribution in [3.05, 3.63) is 29.8 Å². The van der Waals surface area contributed by atoms with Gasteiger partial charge in [-0.15, -0.1) is 0 Å². The number of anilines is 1. The van der Waals surface area contributed by atoms with Crippen molar-refractivity contribution in [2.45, 2.75) is 33.2 Å². The molecule has 0 fully saturated rings. The molecule has 23 heavy (non-hydrogen) atoms. The normalized spacial score (nSPS) is 12.7. The number of carboxylic acid groups (broad SMARTS) is 1. The lowest BCUT2D eigenvalue weighted by Crippen LogP contribution is -2.41. The quantitative estimate of drug-likeness (QED) is 0.665. The van der Waals surface area contributed by atoms with Gasteiger partial charge in [-0.2, -0.15) is 0 Å². The fraction of sp³-hybridized carbons (Fsp3) is 0.467. The molecule has 0 bridgehead atoms. The third-order valence-electron chi connectivity index (χ3n) is 3.13. The van der Waals surface area contributed by atoms with Gasteiger partial charge in [-0.25, -0.2) is 13.2 Å². The topological polar surface area (TPSA) is 113 Å². The van der Waals surface area contributed by atoms with Crippen molar-refractivity contribution >= 4 is 27.6 Å². The zero-order valence-corrected chi connectivity index (χ0v) is 14.2. The van der Waals surface area contributed by atoms with Gasteiger partial charge in [-0.3, -0.25) is 9.52 Å². The van der Waals surface area contributed by atoms with E-state index < -0.39 is 27.9 Å². The van der Waals surface area contributed by atoms with Crippen molar-refractivity contribution in [2.24, 2.45) is 5.92 Å². The van der Waals surface area contributed by atoms with Crippen LogP contribution in [0.25, 0.3) is 0 Å². The van der Waals surface area contributed by atoms with Crippen molar-refractivity contribution in [3.8, 4) is 0 Å². The number of rotatable bonds is 8. The average molecular weight is 342 g/mol. The van der Waals surface area contributed by atoms with Gasteiger partial charge in [0.25, 0.3) is 5.91 Å². The third-order valence-corrected chi connectivity index (χ3v) is 4.42. The van der Waals surface area contributed by atoms with Gasteiger partial charge in [0.1, 0.15) is 6.04 Å². The monoisotopic (exact) mass is 342 g/mol. The Bertz CT molecular complexity index is 670. The molecule has 0 saturated heterocycles. The van der Waals surface area contributed by atoms with E-state index in [0.717, 1.165) is 0 Å². The molecule has 0 spiro atoms. The zero-order chi connectivity index (χ0) is 17.6. The fourth-order valence-electron chi connectivity index (χ4n) is 1.94. The van der Waals surface area contributed by atoms with Crippen LogP contribution >= 0.6 is 0 Å². The molecule has 1 aromatic carbocycles. The first-order chi connectivity index (χ1) is 10.7. The first kappa shape index (κ1) is 19.0. The van der Waals surface area contributed by atoms with E-state index in [1.807, 2.05) is 13.8 Å². The highest BCUT2D eigenvalue weighted by Gasteiger charge is 2.23. The minimum atomic E-state index is -3.54. The van der Waals surface area contributed by atoms with Gasteiger partial charge < -0.3 is 10.4 Å². The van der Waals surface area contributed by atoms with E-state index >= 15 is 0 Å². The number of nitrogens with one attached hydrogen (secondary N) is 2. The number of hydrogen-bond donors (Lipinski definition) is 3. The van der Waals surface area contributed by atoms with Gasteiger partial charge in [-0.05, 0) is 31.4 Å². The number of aliphatic carboxylic acids is 1. The lowest BCUT2D eigenvalue weighted by atomic mass is 10.0. The zero-order valence-electron chi connectivity index (χ0n) is 13.4. The molecular weight excluding hydrogens is 320 g/mol. The van der Waals surface area contributed by atoms with Crippen LogP contribution in [-0.2, 0) is 14.8 Å². The summed E-state index contributed by atoms with van der Waals surface area (Å²) in [5.41, 5.74) is 0.208. The Morgan fingerprint density at radius 2 is 1.83 bits per heavy atom. The number of sulfonamides is 1. The molecule has 7 nitrogen and oxygen atoms in total. The molecule has 1 atom stereocenters. The number of carbonyl (C=O) groups excluding carboxylic acids is 1. The number of amides is 1. The number of carbonyl (C=O) groups is 2. The van der Waals surface area contributed by atoms with Crippen LogP contribution in [0.5, 0.6) is 0 Å². The molecule has 1 aromatic rings. The summed E-state index contributed by atoms with van der Waals surface area (Å²) in [4.78, 5) is 23.6. The predicted molar refractivity (Wildman–Crippen MR) is 87.9 cm³/mol. The Morgan fingerprint density at radius 1 is 1.22 bits per heavy atom. The molecule has 0 radical (unpaired) electrons. The Hall–Kier alpha value is -2.09. The number of hydrogen-bond acceptors (Lipinski definition) is 4. The van der Waals surface area contributed by atoms with Crippen molar-refractivity contribution in [1.29, 1.82) is 0 Å². The maximum atomic E-state index is 12.3. The maximum Gasteiger partial charge on any atom is 0.326 e. The van der Waals surface area contributed by atoms with E-state index in [2.05, 4.69) is 10.0 Å². The fourth-order valence-corrected chi connectivity index (χ4v) is 2.60. The van der Waals surface area contributed by atoms with Crippen LogP contribution in [0.2, 0.25) is 0 Å². The highest BCUT2D eigenvalue weighted by Crippen LogP contribution is 2.17. The summed E-state index contributed by atoms with van der Waals surface area (Å²) in [6, 6.07) is 5.04. The molecular formula is C15H22N2O5S. The SMILES string of the molecule is CCS(=O)(=O)Nc1ccccc1C(=O)N[C@H](CC(C)C)C(=O)O. The highest BCUT2D eigenvalue weighted by atomic mass is 32.2. The van der Waals surface area contributed by atoms with Gasteiger partial charge in [-0.1, -0.05) is 26.0 Å². The second-order valence-corrected chi connectivity index (χ2v) is 7.56. The molecule has 0 heterocycles. The van der Waals surface area contributed by atoms with Gasteiger partial charge in [0.15, 0.2) is 0 Å². The van der Waals surface area contributed by atoms with Crippen LogP contribution in [0.1, 0.15) is 37.6 Å². The molecule has 0 aliphatic heterocycles. The standard InChI is InChI=1S/C15H22N2O5S/c1-4-23(21,22)17-12-8-6-5-7-11(12)14(18)16-13(15(19)20)9-10(2)3/h5-8,10,13,17H,4,9H2,1-3H3,(H,16,18)(H,19,20)/t13-/m1/s1. The Morgan fingerprint density at radius 3 is 2.35 bits per heavy atom. The first-order valence-corrected chi connectivity index (χ1v) is 8.94. The number of carboxylic acids is 1. The molecule has 0 saturated carbocycles.